The molecule has 0 saturated heterocycles. The van der Waals surface area contributed by atoms with Crippen LogP contribution in [0.5, 0.6) is 0 Å². The van der Waals surface area contributed by atoms with E-state index in [4.69, 9.17) is 11.6 Å². The number of sulfonamides is 1. The highest BCUT2D eigenvalue weighted by Gasteiger charge is 2.10. The Labute approximate surface area is 131 Å². The van der Waals surface area contributed by atoms with Crippen molar-refractivity contribution in [2.45, 2.75) is 18.8 Å². The van der Waals surface area contributed by atoms with Gasteiger partial charge in [0.25, 0.3) is 0 Å². The molecule has 0 aromatic heterocycles. The SMILES string of the molecule is O=S(=O)(CCc1ccccc1)NCc1cccc(CCl)c1. The van der Waals surface area contributed by atoms with Crippen LogP contribution in [0.2, 0.25) is 0 Å². The second-order valence-electron chi connectivity index (χ2n) is 4.83. The number of aryl methyl sites for hydroxylation is 1. The molecule has 0 aliphatic carbocycles. The Hall–Kier alpha value is -1.36. The molecule has 0 heterocycles. The van der Waals surface area contributed by atoms with E-state index in [1.54, 1.807) is 0 Å². The van der Waals surface area contributed by atoms with Crippen LogP contribution in [0.15, 0.2) is 54.6 Å². The third-order valence-electron chi connectivity index (χ3n) is 3.14. The molecule has 21 heavy (non-hydrogen) atoms. The molecule has 0 unspecified atom stereocenters. The Morgan fingerprint density at radius 2 is 1.57 bits per heavy atom. The summed E-state index contributed by atoms with van der Waals surface area (Å²) in [6, 6.07) is 17.2. The Morgan fingerprint density at radius 1 is 0.905 bits per heavy atom. The first-order valence-corrected chi connectivity index (χ1v) is 8.93. The minimum absolute atomic E-state index is 0.0895. The molecule has 1 N–H and O–H groups in total. The van der Waals surface area contributed by atoms with Crippen molar-refractivity contribution in [3.05, 3.63) is 71.3 Å². The number of halogens is 1. The van der Waals surface area contributed by atoms with Crippen LogP contribution in [-0.2, 0) is 28.9 Å². The first-order chi connectivity index (χ1) is 10.1. The molecule has 0 fully saturated rings. The molecule has 2 aromatic carbocycles. The molecule has 112 valence electrons. The van der Waals surface area contributed by atoms with Crippen molar-refractivity contribution >= 4 is 21.6 Å². The van der Waals surface area contributed by atoms with Gasteiger partial charge in [0.05, 0.1) is 5.75 Å². The third-order valence-corrected chi connectivity index (χ3v) is 4.78. The Balaban J connectivity index is 1.89. The molecular formula is C16H18ClNO2S. The number of hydrogen-bond acceptors (Lipinski definition) is 2. The van der Waals surface area contributed by atoms with Gasteiger partial charge in [0, 0.05) is 12.4 Å². The summed E-state index contributed by atoms with van der Waals surface area (Å²) < 4.78 is 26.6. The minimum atomic E-state index is -3.28. The fourth-order valence-corrected chi connectivity index (χ4v) is 3.19. The molecule has 0 aliphatic heterocycles. The summed E-state index contributed by atoms with van der Waals surface area (Å²) >= 11 is 5.77. The maximum atomic E-state index is 12.0. The number of rotatable bonds is 7. The zero-order valence-corrected chi connectivity index (χ0v) is 13.2. The van der Waals surface area contributed by atoms with Crippen molar-refractivity contribution in [2.24, 2.45) is 0 Å². The molecule has 0 saturated carbocycles. The summed E-state index contributed by atoms with van der Waals surface area (Å²) in [5, 5.41) is 0. The second-order valence-corrected chi connectivity index (χ2v) is 7.02. The summed E-state index contributed by atoms with van der Waals surface area (Å²) in [5.74, 6) is 0.515. The molecule has 0 atom stereocenters. The molecule has 0 radical (unpaired) electrons. The Kier molecular flexibility index (Phi) is 5.79. The summed E-state index contributed by atoms with van der Waals surface area (Å²) in [4.78, 5) is 0. The van der Waals surface area contributed by atoms with Gasteiger partial charge < -0.3 is 0 Å². The summed E-state index contributed by atoms with van der Waals surface area (Å²) in [7, 11) is -3.28. The molecule has 2 rings (SSSR count). The van der Waals surface area contributed by atoms with Crippen molar-refractivity contribution in [1.29, 1.82) is 0 Å². The Bertz CT molecular complexity index is 672. The minimum Gasteiger partial charge on any atom is -0.212 e. The van der Waals surface area contributed by atoms with Crippen LogP contribution in [0, 0.1) is 0 Å². The van der Waals surface area contributed by atoms with E-state index in [1.165, 1.54) is 0 Å². The molecule has 0 aliphatic rings. The van der Waals surface area contributed by atoms with E-state index in [0.717, 1.165) is 16.7 Å². The van der Waals surface area contributed by atoms with E-state index in [-0.39, 0.29) is 5.75 Å². The van der Waals surface area contributed by atoms with Gasteiger partial charge in [0.1, 0.15) is 0 Å². The average Bonchev–Trinajstić information content (AvgIpc) is 2.52. The van der Waals surface area contributed by atoms with Crippen molar-refractivity contribution in [2.75, 3.05) is 5.75 Å². The molecule has 2 aromatic rings. The predicted octanol–water partition coefficient (Wildman–Crippen LogP) is 3.09. The topological polar surface area (TPSA) is 46.2 Å². The van der Waals surface area contributed by atoms with Gasteiger partial charge in [-0.05, 0) is 23.1 Å². The van der Waals surface area contributed by atoms with Gasteiger partial charge in [-0.3, -0.25) is 0 Å². The van der Waals surface area contributed by atoms with Crippen LogP contribution in [0.3, 0.4) is 0 Å². The standard InChI is InChI=1S/C16H18ClNO2S/c17-12-15-7-4-8-16(11-15)13-18-21(19,20)10-9-14-5-2-1-3-6-14/h1-8,11,18H,9-10,12-13H2. The van der Waals surface area contributed by atoms with Gasteiger partial charge in [-0.25, -0.2) is 13.1 Å². The highest BCUT2D eigenvalue weighted by Crippen LogP contribution is 2.08. The number of hydrogen-bond donors (Lipinski definition) is 1. The maximum absolute atomic E-state index is 12.0. The van der Waals surface area contributed by atoms with Gasteiger partial charge in [0.15, 0.2) is 0 Å². The largest absolute Gasteiger partial charge is 0.212 e. The van der Waals surface area contributed by atoms with E-state index in [1.807, 2.05) is 54.6 Å². The predicted molar refractivity (Wildman–Crippen MR) is 86.8 cm³/mol. The number of benzene rings is 2. The van der Waals surface area contributed by atoms with E-state index in [9.17, 15) is 8.42 Å². The van der Waals surface area contributed by atoms with Gasteiger partial charge in [-0.15, -0.1) is 11.6 Å². The molecular weight excluding hydrogens is 306 g/mol. The first kappa shape index (κ1) is 16.0. The molecule has 5 heteroatoms. The maximum Gasteiger partial charge on any atom is 0.212 e. The van der Waals surface area contributed by atoms with Crippen LogP contribution in [-0.4, -0.2) is 14.2 Å². The second kappa shape index (κ2) is 7.59. The third kappa shape index (κ3) is 5.50. The van der Waals surface area contributed by atoms with Crippen LogP contribution in [0.25, 0.3) is 0 Å². The van der Waals surface area contributed by atoms with Crippen LogP contribution in [0.4, 0.5) is 0 Å². The van der Waals surface area contributed by atoms with Gasteiger partial charge in [0.2, 0.25) is 10.0 Å². The van der Waals surface area contributed by atoms with Gasteiger partial charge in [-0.1, -0.05) is 54.6 Å². The fraction of sp³-hybridized carbons (Fsp3) is 0.250. The van der Waals surface area contributed by atoms with Crippen LogP contribution in [0.1, 0.15) is 16.7 Å². The van der Waals surface area contributed by atoms with E-state index >= 15 is 0 Å². The lowest BCUT2D eigenvalue weighted by atomic mass is 10.1. The molecule has 0 spiro atoms. The highest BCUT2D eigenvalue weighted by atomic mass is 35.5. The lowest BCUT2D eigenvalue weighted by Crippen LogP contribution is -2.26. The molecule has 0 bridgehead atoms. The van der Waals surface area contributed by atoms with Crippen molar-refractivity contribution in [3.63, 3.8) is 0 Å². The highest BCUT2D eigenvalue weighted by molar-refractivity contribution is 7.89. The fourth-order valence-electron chi connectivity index (χ4n) is 1.99. The number of nitrogens with one attached hydrogen (secondary N) is 1. The zero-order valence-electron chi connectivity index (χ0n) is 11.6. The normalized spacial score (nSPS) is 11.5. The lowest BCUT2D eigenvalue weighted by Gasteiger charge is -2.08. The van der Waals surface area contributed by atoms with Gasteiger partial charge >= 0.3 is 0 Å². The van der Waals surface area contributed by atoms with Crippen molar-refractivity contribution < 1.29 is 8.42 Å². The summed E-state index contributed by atoms with van der Waals surface area (Å²) in [6.07, 6.45) is 0.512. The van der Waals surface area contributed by atoms with Crippen molar-refractivity contribution in [1.82, 2.24) is 4.72 Å². The average molecular weight is 324 g/mol. The van der Waals surface area contributed by atoms with Crippen LogP contribution >= 0.6 is 11.6 Å². The summed E-state index contributed by atoms with van der Waals surface area (Å²) in [5.41, 5.74) is 2.92. The van der Waals surface area contributed by atoms with E-state index in [0.29, 0.717) is 18.8 Å². The Morgan fingerprint density at radius 3 is 2.29 bits per heavy atom. The van der Waals surface area contributed by atoms with Gasteiger partial charge in [-0.2, -0.15) is 0 Å². The van der Waals surface area contributed by atoms with Crippen LogP contribution < -0.4 is 4.72 Å². The lowest BCUT2D eigenvalue weighted by molar-refractivity contribution is 0.580. The van der Waals surface area contributed by atoms with E-state index < -0.39 is 10.0 Å². The van der Waals surface area contributed by atoms with E-state index in [2.05, 4.69) is 4.72 Å². The first-order valence-electron chi connectivity index (χ1n) is 6.74. The quantitative estimate of drug-likeness (QED) is 0.796. The zero-order chi connectivity index (χ0) is 15.1. The number of alkyl halides is 1. The molecule has 3 nitrogen and oxygen atoms in total. The summed E-state index contributed by atoms with van der Waals surface area (Å²) in [6.45, 7) is 0.294. The smallest absolute Gasteiger partial charge is 0.212 e. The van der Waals surface area contributed by atoms with Crippen molar-refractivity contribution in [3.8, 4) is 0 Å². The monoisotopic (exact) mass is 323 g/mol. The molecule has 0 amide bonds.